The molecule has 0 spiro atoms. The molecule has 13 heavy (non-hydrogen) atoms. The maximum atomic E-state index is 9.19. The van der Waals surface area contributed by atoms with Crippen molar-refractivity contribution in [2.75, 3.05) is 0 Å². The third kappa shape index (κ3) is 1.42. The number of halogens is 1. The van der Waals surface area contributed by atoms with Crippen LogP contribution in [0.2, 0.25) is 5.15 Å². The molecular weight excluding hydrogens is 188 g/mol. The van der Waals surface area contributed by atoms with Crippen molar-refractivity contribution in [3.05, 3.63) is 29.0 Å². The number of fused-ring (bicyclic) bond motifs is 1. The Morgan fingerprint density at radius 3 is 2.77 bits per heavy atom. The zero-order valence-corrected chi connectivity index (χ0v) is 7.71. The summed E-state index contributed by atoms with van der Waals surface area (Å²) in [6.07, 6.45) is 0. The van der Waals surface area contributed by atoms with E-state index < -0.39 is 0 Å². The van der Waals surface area contributed by atoms with Crippen LogP contribution in [0.15, 0.2) is 18.2 Å². The van der Waals surface area contributed by atoms with Gasteiger partial charge in [-0.2, -0.15) is 0 Å². The molecule has 2 aromatic rings. The zero-order chi connectivity index (χ0) is 9.42. The first-order valence-electron chi connectivity index (χ1n) is 3.80. The van der Waals surface area contributed by atoms with Crippen LogP contribution in [0.1, 0.15) is 5.69 Å². The summed E-state index contributed by atoms with van der Waals surface area (Å²) in [7, 11) is 0. The van der Waals surface area contributed by atoms with Gasteiger partial charge < -0.3 is 5.11 Å². The Kier molecular flexibility index (Phi) is 1.81. The highest BCUT2D eigenvalue weighted by atomic mass is 35.5. The first-order chi connectivity index (χ1) is 6.16. The van der Waals surface area contributed by atoms with Crippen LogP contribution in [0.25, 0.3) is 11.0 Å². The minimum atomic E-state index is 0.184. The minimum Gasteiger partial charge on any atom is -0.508 e. The van der Waals surface area contributed by atoms with Gasteiger partial charge in [-0.3, -0.25) is 0 Å². The molecule has 0 amide bonds. The van der Waals surface area contributed by atoms with E-state index in [2.05, 4.69) is 9.97 Å². The summed E-state index contributed by atoms with van der Waals surface area (Å²) < 4.78 is 0. The first kappa shape index (κ1) is 8.26. The van der Waals surface area contributed by atoms with E-state index in [0.717, 1.165) is 0 Å². The van der Waals surface area contributed by atoms with Gasteiger partial charge in [-0.25, -0.2) is 9.97 Å². The minimum absolute atomic E-state index is 0.184. The van der Waals surface area contributed by atoms with Gasteiger partial charge in [0.1, 0.15) is 5.75 Å². The molecule has 0 unspecified atom stereocenters. The topological polar surface area (TPSA) is 46.0 Å². The third-order valence-corrected chi connectivity index (χ3v) is 2.12. The number of aromatic hydroxyl groups is 1. The molecule has 0 aliphatic carbocycles. The van der Waals surface area contributed by atoms with Crippen LogP contribution in [0.4, 0.5) is 0 Å². The van der Waals surface area contributed by atoms with Crippen LogP contribution in [0.5, 0.6) is 5.75 Å². The zero-order valence-electron chi connectivity index (χ0n) is 6.95. The Hall–Kier alpha value is -1.35. The second kappa shape index (κ2) is 2.85. The predicted molar refractivity (Wildman–Crippen MR) is 50.9 cm³/mol. The highest BCUT2D eigenvalue weighted by Gasteiger charge is 2.02. The molecule has 0 aliphatic rings. The molecule has 0 saturated carbocycles. The third-order valence-electron chi connectivity index (χ3n) is 1.76. The lowest BCUT2D eigenvalue weighted by Crippen LogP contribution is -1.89. The van der Waals surface area contributed by atoms with Crippen LogP contribution < -0.4 is 0 Å². The molecule has 1 heterocycles. The normalized spacial score (nSPS) is 10.6. The van der Waals surface area contributed by atoms with Crippen molar-refractivity contribution in [2.24, 2.45) is 0 Å². The summed E-state index contributed by atoms with van der Waals surface area (Å²) in [5.74, 6) is 0.184. The first-order valence-corrected chi connectivity index (χ1v) is 4.17. The van der Waals surface area contributed by atoms with Gasteiger partial charge in [-0.15, -0.1) is 0 Å². The molecule has 0 atom stereocenters. The SMILES string of the molecule is Cc1nc2cc(O)ccc2nc1Cl. The molecule has 1 aromatic carbocycles. The Balaban J connectivity index is 2.81. The Bertz CT molecular complexity index is 470. The lowest BCUT2D eigenvalue weighted by atomic mass is 10.3. The monoisotopic (exact) mass is 194 g/mol. The van der Waals surface area contributed by atoms with Gasteiger partial charge in [-0.1, -0.05) is 11.6 Å². The number of rotatable bonds is 0. The van der Waals surface area contributed by atoms with Gasteiger partial charge >= 0.3 is 0 Å². The number of hydrogen-bond acceptors (Lipinski definition) is 3. The van der Waals surface area contributed by atoms with E-state index in [0.29, 0.717) is 21.9 Å². The lowest BCUT2D eigenvalue weighted by Gasteiger charge is -2.00. The highest BCUT2D eigenvalue weighted by molar-refractivity contribution is 6.30. The van der Waals surface area contributed by atoms with Crippen molar-refractivity contribution >= 4 is 22.6 Å². The number of aromatic nitrogens is 2. The van der Waals surface area contributed by atoms with Crippen LogP contribution in [0, 0.1) is 6.92 Å². The number of phenols is 1. The van der Waals surface area contributed by atoms with Gasteiger partial charge in [-0.05, 0) is 19.1 Å². The largest absolute Gasteiger partial charge is 0.508 e. The molecule has 4 heteroatoms. The van der Waals surface area contributed by atoms with Crippen molar-refractivity contribution in [3.63, 3.8) is 0 Å². The molecule has 0 fully saturated rings. The van der Waals surface area contributed by atoms with E-state index in [1.165, 1.54) is 0 Å². The maximum absolute atomic E-state index is 9.19. The van der Waals surface area contributed by atoms with Gasteiger partial charge in [0.05, 0.1) is 16.7 Å². The van der Waals surface area contributed by atoms with E-state index in [1.54, 1.807) is 25.1 Å². The van der Waals surface area contributed by atoms with Crippen molar-refractivity contribution < 1.29 is 5.11 Å². The fraction of sp³-hybridized carbons (Fsp3) is 0.111. The second-order valence-electron chi connectivity index (χ2n) is 2.77. The number of aryl methyl sites for hydroxylation is 1. The van der Waals surface area contributed by atoms with E-state index >= 15 is 0 Å². The van der Waals surface area contributed by atoms with Gasteiger partial charge in [0.2, 0.25) is 0 Å². The van der Waals surface area contributed by atoms with Crippen LogP contribution in [0.3, 0.4) is 0 Å². The van der Waals surface area contributed by atoms with Crippen LogP contribution in [-0.4, -0.2) is 15.1 Å². The second-order valence-corrected chi connectivity index (χ2v) is 3.13. The summed E-state index contributed by atoms with van der Waals surface area (Å²) in [6, 6.07) is 4.80. The van der Waals surface area contributed by atoms with E-state index in [9.17, 15) is 5.11 Å². The smallest absolute Gasteiger partial charge is 0.150 e. The quantitative estimate of drug-likeness (QED) is 0.700. The summed E-state index contributed by atoms with van der Waals surface area (Å²) >= 11 is 5.79. The van der Waals surface area contributed by atoms with Crippen molar-refractivity contribution in [3.8, 4) is 5.75 Å². The van der Waals surface area contributed by atoms with E-state index in [-0.39, 0.29) is 5.75 Å². The number of phenolic OH excluding ortho intramolecular Hbond substituents is 1. The molecule has 3 nitrogen and oxygen atoms in total. The van der Waals surface area contributed by atoms with E-state index in [4.69, 9.17) is 11.6 Å². The van der Waals surface area contributed by atoms with Crippen molar-refractivity contribution in [1.29, 1.82) is 0 Å². The summed E-state index contributed by atoms with van der Waals surface area (Å²) in [5.41, 5.74) is 2.01. The number of hydrogen-bond donors (Lipinski definition) is 1. The number of nitrogens with zero attached hydrogens (tertiary/aromatic N) is 2. The molecule has 1 aromatic heterocycles. The van der Waals surface area contributed by atoms with E-state index in [1.807, 2.05) is 0 Å². The lowest BCUT2D eigenvalue weighted by molar-refractivity contribution is 0.476. The molecule has 0 saturated heterocycles. The summed E-state index contributed by atoms with van der Waals surface area (Å²) in [5, 5.41) is 9.59. The summed E-state index contributed by atoms with van der Waals surface area (Å²) in [6.45, 7) is 1.78. The molecule has 0 radical (unpaired) electrons. The van der Waals surface area contributed by atoms with Gasteiger partial charge in [0.15, 0.2) is 5.15 Å². The molecule has 66 valence electrons. The fourth-order valence-electron chi connectivity index (χ4n) is 1.11. The standard InChI is InChI=1S/C9H7ClN2O/c1-5-9(10)12-7-3-2-6(13)4-8(7)11-5/h2-4,13H,1H3. The Morgan fingerprint density at radius 1 is 1.23 bits per heavy atom. The Labute approximate surface area is 80.0 Å². The fourth-order valence-corrected chi connectivity index (χ4v) is 1.24. The maximum Gasteiger partial charge on any atom is 0.150 e. The molecular formula is C9H7ClN2O. The predicted octanol–water partition coefficient (Wildman–Crippen LogP) is 2.30. The van der Waals surface area contributed by atoms with Crippen LogP contribution >= 0.6 is 11.6 Å². The van der Waals surface area contributed by atoms with Gasteiger partial charge in [0.25, 0.3) is 0 Å². The molecule has 2 rings (SSSR count). The van der Waals surface area contributed by atoms with Crippen molar-refractivity contribution in [2.45, 2.75) is 6.92 Å². The van der Waals surface area contributed by atoms with Crippen LogP contribution in [-0.2, 0) is 0 Å². The molecule has 1 N–H and O–H groups in total. The average molecular weight is 195 g/mol. The van der Waals surface area contributed by atoms with Gasteiger partial charge in [0, 0.05) is 6.07 Å². The highest BCUT2D eigenvalue weighted by Crippen LogP contribution is 2.19. The Morgan fingerprint density at radius 2 is 2.00 bits per heavy atom. The average Bonchev–Trinajstić information content (AvgIpc) is 2.08. The number of benzene rings is 1. The summed E-state index contributed by atoms with van der Waals surface area (Å²) in [4.78, 5) is 8.29. The molecule has 0 aliphatic heterocycles. The van der Waals surface area contributed by atoms with Crippen molar-refractivity contribution in [1.82, 2.24) is 9.97 Å². The molecule has 0 bridgehead atoms.